The van der Waals surface area contributed by atoms with Crippen molar-refractivity contribution in [2.75, 3.05) is 11.9 Å². The molecule has 0 saturated carbocycles. The van der Waals surface area contributed by atoms with Gasteiger partial charge in [0.1, 0.15) is 0 Å². The number of hydrogen-bond donors (Lipinski definition) is 1. The molecule has 2 aromatic rings. The average Bonchev–Trinajstić information content (AvgIpc) is 2.62. The van der Waals surface area contributed by atoms with Crippen LogP contribution in [0.5, 0.6) is 5.75 Å². The van der Waals surface area contributed by atoms with E-state index in [1.165, 1.54) is 19.1 Å². The van der Waals surface area contributed by atoms with Crippen molar-refractivity contribution in [1.82, 2.24) is 0 Å². The zero-order valence-corrected chi connectivity index (χ0v) is 15.4. The molecule has 142 valence electrons. The second-order valence-corrected chi connectivity index (χ2v) is 5.86. The molecule has 0 radical (unpaired) electrons. The van der Waals surface area contributed by atoms with Gasteiger partial charge in [0.25, 0.3) is 5.91 Å². The van der Waals surface area contributed by atoms with Crippen LogP contribution in [0, 0.1) is 10.1 Å². The van der Waals surface area contributed by atoms with Gasteiger partial charge in [0.05, 0.1) is 17.1 Å². The lowest BCUT2D eigenvalue weighted by atomic mass is 10.2. The molecular weight excluding hydrogens is 376 g/mol. The Labute approximate surface area is 160 Å². The molecule has 0 bridgehead atoms. The van der Waals surface area contributed by atoms with Gasteiger partial charge in [-0.05, 0) is 44.2 Å². The molecule has 1 amide bonds. The van der Waals surface area contributed by atoms with Gasteiger partial charge in [-0.25, -0.2) is 4.79 Å². The van der Waals surface area contributed by atoms with Crippen LogP contribution in [-0.2, 0) is 9.53 Å². The first kappa shape index (κ1) is 20.2. The van der Waals surface area contributed by atoms with E-state index >= 15 is 0 Å². The van der Waals surface area contributed by atoms with Crippen molar-refractivity contribution in [2.24, 2.45) is 0 Å². The summed E-state index contributed by atoms with van der Waals surface area (Å²) in [5, 5.41) is 14.1. The average molecular weight is 393 g/mol. The predicted octanol–water partition coefficient (Wildman–Crippen LogP) is 3.83. The zero-order valence-electron chi connectivity index (χ0n) is 14.6. The van der Waals surface area contributed by atoms with E-state index in [-0.39, 0.29) is 23.6 Å². The van der Waals surface area contributed by atoms with E-state index in [2.05, 4.69) is 5.32 Å². The SMILES string of the molecule is CCOc1ccc(C(=O)O[C@H](C)C(=O)Nc2cccc(Cl)c2)cc1[N+](=O)[O-]. The topological polar surface area (TPSA) is 108 Å². The monoisotopic (exact) mass is 392 g/mol. The predicted molar refractivity (Wildman–Crippen MR) is 99.2 cm³/mol. The summed E-state index contributed by atoms with van der Waals surface area (Å²) >= 11 is 5.85. The maximum Gasteiger partial charge on any atom is 0.339 e. The Morgan fingerprint density at radius 3 is 2.63 bits per heavy atom. The molecule has 2 aromatic carbocycles. The molecule has 8 nitrogen and oxygen atoms in total. The number of esters is 1. The van der Waals surface area contributed by atoms with Gasteiger partial charge in [-0.3, -0.25) is 14.9 Å². The Morgan fingerprint density at radius 1 is 1.26 bits per heavy atom. The number of nitro benzene ring substituents is 1. The van der Waals surface area contributed by atoms with E-state index < -0.39 is 22.9 Å². The van der Waals surface area contributed by atoms with E-state index in [0.29, 0.717) is 10.7 Å². The largest absolute Gasteiger partial charge is 0.487 e. The summed E-state index contributed by atoms with van der Waals surface area (Å²) in [7, 11) is 0. The van der Waals surface area contributed by atoms with Crippen LogP contribution in [-0.4, -0.2) is 29.5 Å². The van der Waals surface area contributed by atoms with Gasteiger partial charge in [-0.2, -0.15) is 0 Å². The van der Waals surface area contributed by atoms with Gasteiger partial charge in [0.15, 0.2) is 11.9 Å². The van der Waals surface area contributed by atoms with Crippen LogP contribution in [0.1, 0.15) is 24.2 Å². The molecule has 2 rings (SSSR count). The molecule has 0 aliphatic rings. The number of carbonyl (C=O) groups excluding carboxylic acids is 2. The van der Waals surface area contributed by atoms with Crippen LogP contribution in [0.25, 0.3) is 0 Å². The van der Waals surface area contributed by atoms with E-state index in [9.17, 15) is 19.7 Å². The quantitative estimate of drug-likeness (QED) is 0.436. The van der Waals surface area contributed by atoms with Crippen LogP contribution in [0.2, 0.25) is 5.02 Å². The number of nitro groups is 1. The molecule has 0 aliphatic carbocycles. The number of nitrogens with one attached hydrogen (secondary N) is 1. The van der Waals surface area contributed by atoms with Gasteiger partial charge in [0.2, 0.25) is 0 Å². The third kappa shape index (κ3) is 5.42. The lowest BCUT2D eigenvalue weighted by Gasteiger charge is -2.14. The van der Waals surface area contributed by atoms with Gasteiger partial charge in [0, 0.05) is 16.8 Å². The molecule has 1 atom stereocenters. The fraction of sp³-hybridized carbons (Fsp3) is 0.222. The number of nitrogens with zero attached hydrogens (tertiary/aromatic N) is 1. The van der Waals surface area contributed by atoms with Crippen molar-refractivity contribution in [3.05, 3.63) is 63.2 Å². The highest BCUT2D eigenvalue weighted by molar-refractivity contribution is 6.30. The molecule has 1 N–H and O–H groups in total. The van der Waals surface area contributed by atoms with Crippen LogP contribution < -0.4 is 10.1 Å². The number of hydrogen-bond acceptors (Lipinski definition) is 6. The summed E-state index contributed by atoms with van der Waals surface area (Å²) < 4.78 is 10.2. The minimum Gasteiger partial charge on any atom is -0.487 e. The molecule has 27 heavy (non-hydrogen) atoms. The Hall–Kier alpha value is -3.13. The van der Waals surface area contributed by atoms with Crippen molar-refractivity contribution >= 4 is 34.9 Å². The Kier molecular flexibility index (Phi) is 6.73. The normalized spacial score (nSPS) is 11.4. The summed E-state index contributed by atoms with van der Waals surface area (Å²) in [6.07, 6.45) is -1.12. The molecule has 0 spiro atoms. The van der Waals surface area contributed by atoms with Gasteiger partial charge in [-0.15, -0.1) is 0 Å². The highest BCUT2D eigenvalue weighted by Crippen LogP contribution is 2.28. The van der Waals surface area contributed by atoms with Crippen molar-refractivity contribution < 1.29 is 24.0 Å². The number of anilines is 1. The first-order valence-electron chi connectivity index (χ1n) is 8.00. The number of carbonyl (C=O) groups is 2. The molecule has 9 heteroatoms. The maximum atomic E-state index is 12.2. The lowest BCUT2D eigenvalue weighted by Crippen LogP contribution is -2.30. The number of ether oxygens (including phenoxy) is 2. The fourth-order valence-corrected chi connectivity index (χ4v) is 2.35. The van der Waals surface area contributed by atoms with Crippen molar-refractivity contribution in [1.29, 1.82) is 0 Å². The minimum atomic E-state index is -1.12. The zero-order chi connectivity index (χ0) is 20.0. The number of amides is 1. The minimum absolute atomic E-state index is 0.0470. The number of rotatable bonds is 7. The molecular formula is C18H17ClN2O6. The van der Waals surface area contributed by atoms with Crippen LogP contribution >= 0.6 is 11.6 Å². The summed E-state index contributed by atoms with van der Waals surface area (Å²) in [6, 6.07) is 10.2. The van der Waals surface area contributed by atoms with Crippen molar-refractivity contribution in [3.8, 4) is 5.75 Å². The van der Waals surface area contributed by atoms with Crippen LogP contribution in [0.15, 0.2) is 42.5 Å². The molecule has 0 heterocycles. The second-order valence-electron chi connectivity index (χ2n) is 5.42. The third-order valence-corrected chi connectivity index (χ3v) is 3.67. The van der Waals surface area contributed by atoms with Gasteiger partial charge in [-0.1, -0.05) is 17.7 Å². The highest BCUT2D eigenvalue weighted by atomic mass is 35.5. The maximum absolute atomic E-state index is 12.2. The summed E-state index contributed by atoms with van der Waals surface area (Å²) in [6.45, 7) is 3.32. The van der Waals surface area contributed by atoms with E-state index in [1.54, 1.807) is 31.2 Å². The second kappa shape index (κ2) is 9.00. The molecule has 0 fully saturated rings. The molecule has 0 saturated heterocycles. The van der Waals surface area contributed by atoms with E-state index in [0.717, 1.165) is 6.07 Å². The summed E-state index contributed by atoms with van der Waals surface area (Å²) in [5.41, 5.74) is 0.0296. The Balaban J connectivity index is 2.08. The van der Waals surface area contributed by atoms with Crippen molar-refractivity contribution in [3.63, 3.8) is 0 Å². The lowest BCUT2D eigenvalue weighted by molar-refractivity contribution is -0.385. The molecule has 0 aromatic heterocycles. The van der Waals surface area contributed by atoms with Crippen LogP contribution in [0.3, 0.4) is 0 Å². The molecule has 0 aliphatic heterocycles. The Bertz CT molecular complexity index is 871. The fourth-order valence-electron chi connectivity index (χ4n) is 2.16. The number of benzene rings is 2. The first-order chi connectivity index (χ1) is 12.8. The van der Waals surface area contributed by atoms with Gasteiger partial charge < -0.3 is 14.8 Å². The Morgan fingerprint density at radius 2 is 2.00 bits per heavy atom. The highest BCUT2D eigenvalue weighted by Gasteiger charge is 2.23. The van der Waals surface area contributed by atoms with E-state index in [4.69, 9.17) is 21.1 Å². The first-order valence-corrected chi connectivity index (χ1v) is 8.38. The smallest absolute Gasteiger partial charge is 0.339 e. The van der Waals surface area contributed by atoms with Gasteiger partial charge >= 0.3 is 11.7 Å². The molecule has 0 unspecified atom stereocenters. The third-order valence-electron chi connectivity index (χ3n) is 3.44. The summed E-state index contributed by atoms with van der Waals surface area (Å²) in [5.74, 6) is -1.38. The standard InChI is InChI=1S/C18H17ClN2O6/c1-3-26-16-8-7-12(9-15(16)21(24)25)18(23)27-11(2)17(22)20-14-6-4-5-13(19)10-14/h4-11H,3H2,1-2H3,(H,20,22)/t11-/m1/s1. The van der Waals surface area contributed by atoms with Crippen LogP contribution in [0.4, 0.5) is 11.4 Å². The number of halogens is 1. The van der Waals surface area contributed by atoms with E-state index in [1.807, 2.05) is 0 Å². The summed E-state index contributed by atoms with van der Waals surface area (Å²) in [4.78, 5) is 34.8. The van der Waals surface area contributed by atoms with Crippen molar-refractivity contribution in [2.45, 2.75) is 20.0 Å².